The Bertz CT molecular complexity index is 410. The number of nitrogens with one attached hydrogen (secondary N) is 1. The van der Waals surface area contributed by atoms with E-state index in [0.29, 0.717) is 12.2 Å². The third kappa shape index (κ3) is 5.15. The summed E-state index contributed by atoms with van der Waals surface area (Å²) in [5.74, 6) is -0.343. The van der Waals surface area contributed by atoms with Crippen molar-refractivity contribution in [3.8, 4) is 0 Å². The number of carbonyl (C=O) groups is 1. The van der Waals surface area contributed by atoms with Gasteiger partial charge in [0.1, 0.15) is 6.61 Å². The predicted octanol–water partition coefficient (Wildman–Crippen LogP) is 2.67. The first-order valence-electron chi connectivity index (χ1n) is 6.02. The minimum absolute atomic E-state index is 0.263. The van der Waals surface area contributed by atoms with Crippen molar-refractivity contribution in [3.63, 3.8) is 0 Å². The Morgan fingerprint density at radius 3 is 2.50 bits per heavy atom. The van der Waals surface area contributed by atoms with Gasteiger partial charge >= 0.3 is 5.97 Å². The number of esters is 1. The molecule has 1 aromatic carbocycles. The third-order valence-corrected chi connectivity index (χ3v) is 2.53. The lowest BCUT2D eigenvalue weighted by Crippen LogP contribution is -2.43. The average Bonchev–Trinajstić information content (AvgIpc) is 2.35. The van der Waals surface area contributed by atoms with Crippen molar-refractivity contribution in [2.24, 2.45) is 0 Å². The van der Waals surface area contributed by atoms with Crippen molar-refractivity contribution in [2.75, 3.05) is 6.61 Å². The van der Waals surface area contributed by atoms with Crippen LogP contribution >= 0.6 is 0 Å². The van der Waals surface area contributed by atoms with Gasteiger partial charge in [0.15, 0.2) is 0 Å². The summed E-state index contributed by atoms with van der Waals surface area (Å²) in [6.45, 7) is 10.3. The highest BCUT2D eigenvalue weighted by molar-refractivity contribution is 5.86. The Hall–Kier alpha value is -1.61. The first kappa shape index (κ1) is 14.5. The molecule has 0 aromatic heterocycles. The van der Waals surface area contributed by atoms with Gasteiger partial charge in [0.05, 0.1) is 0 Å². The molecule has 0 aliphatic heterocycles. The molecule has 0 bridgehead atoms. The highest BCUT2D eigenvalue weighted by Gasteiger charge is 2.19. The quantitative estimate of drug-likeness (QED) is 0.620. The second kappa shape index (κ2) is 6.36. The van der Waals surface area contributed by atoms with Crippen molar-refractivity contribution in [3.05, 3.63) is 48.0 Å². The fourth-order valence-corrected chi connectivity index (χ4v) is 1.36. The second-order valence-electron chi connectivity index (χ2n) is 5.08. The summed E-state index contributed by atoms with van der Waals surface area (Å²) < 4.78 is 5.16. The van der Waals surface area contributed by atoms with Gasteiger partial charge < -0.3 is 10.1 Å². The van der Waals surface area contributed by atoms with E-state index in [1.54, 1.807) is 6.92 Å². The van der Waals surface area contributed by atoms with E-state index in [-0.39, 0.29) is 11.5 Å². The van der Waals surface area contributed by atoms with Crippen LogP contribution in [-0.4, -0.2) is 18.1 Å². The zero-order chi connectivity index (χ0) is 13.6. The van der Waals surface area contributed by atoms with Crippen molar-refractivity contribution in [1.29, 1.82) is 0 Å². The van der Waals surface area contributed by atoms with Gasteiger partial charge in [-0.25, -0.2) is 4.79 Å². The largest absolute Gasteiger partial charge is 0.460 e. The Balaban J connectivity index is 2.40. The molecule has 0 spiro atoms. The second-order valence-corrected chi connectivity index (χ2v) is 5.08. The summed E-state index contributed by atoms with van der Waals surface area (Å²) in [6.07, 6.45) is 0. The van der Waals surface area contributed by atoms with Gasteiger partial charge in [0.25, 0.3) is 0 Å². The van der Waals surface area contributed by atoms with Crippen molar-refractivity contribution >= 4 is 5.97 Å². The lowest BCUT2D eigenvalue weighted by molar-refractivity contribution is -0.140. The molecule has 0 atom stereocenters. The Kier molecular flexibility index (Phi) is 5.10. The van der Waals surface area contributed by atoms with E-state index >= 15 is 0 Å². The molecule has 3 heteroatoms. The fraction of sp³-hybridized carbons (Fsp3) is 0.400. The van der Waals surface area contributed by atoms with Crippen molar-refractivity contribution in [1.82, 2.24) is 5.32 Å². The van der Waals surface area contributed by atoms with Crippen molar-refractivity contribution in [2.45, 2.75) is 32.9 Å². The smallest absolute Gasteiger partial charge is 0.333 e. The lowest BCUT2D eigenvalue weighted by Gasteiger charge is -2.26. The van der Waals surface area contributed by atoms with Crippen LogP contribution in [0.15, 0.2) is 42.5 Å². The van der Waals surface area contributed by atoms with Gasteiger partial charge in [-0.05, 0) is 26.3 Å². The van der Waals surface area contributed by atoms with Crippen LogP contribution in [-0.2, 0) is 16.1 Å². The number of hydrogen-bond acceptors (Lipinski definition) is 3. The van der Waals surface area contributed by atoms with E-state index in [4.69, 9.17) is 4.74 Å². The summed E-state index contributed by atoms with van der Waals surface area (Å²) in [4.78, 5) is 11.3. The molecule has 0 radical (unpaired) electrons. The highest BCUT2D eigenvalue weighted by atomic mass is 16.5. The summed E-state index contributed by atoms with van der Waals surface area (Å²) in [5.41, 5.74) is 1.37. The minimum atomic E-state index is -0.343. The average molecular weight is 247 g/mol. The maximum Gasteiger partial charge on any atom is 0.333 e. The van der Waals surface area contributed by atoms with Gasteiger partial charge in [0.2, 0.25) is 0 Å². The standard InChI is InChI=1S/C15H21NO2/c1-12(2)14(17)18-11-15(3,4)16-10-13-8-6-5-7-9-13/h5-9,16H,1,10-11H2,2-4H3. The minimum Gasteiger partial charge on any atom is -0.460 e. The van der Waals surface area contributed by atoms with Crippen LogP contribution in [0.4, 0.5) is 0 Å². The topological polar surface area (TPSA) is 38.3 Å². The molecule has 0 saturated heterocycles. The SMILES string of the molecule is C=C(C)C(=O)OCC(C)(C)NCc1ccccc1. The molecule has 1 N–H and O–H groups in total. The fourth-order valence-electron chi connectivity index (χ4n) is 1.36. The summed E-state index contributed by atoms with van der Waals surface area (Å²) >= 11 is 0. The molecular formula is C15H21NO2. The van der Waals surface area contributed by atoms with E-state index in [1.807, 2.05) is 32.0 Å². The molecule has 1 rings (SSSR count). The Morgan fingerprint density at radius 1 is 1.33 bits per heavy atom. The van der Waals surface area contributed by atoms with Crippen LogP contribution in [0.25, 0.3) is 0 Å². The molecule has 0 fully saturated rings. The molecular weight excluding hydrogens is 226 g/mol. The highest BCUT2D eigenvalue weighted by Crippen LogP contribution is 2.07. The Labute approximate surface area is 109 Å². The molecule has 0 aliphatic rings. The van der Waals surface area contributed by atoms with Crippen LogP contribution in [0.3, 0.4) is 0 Å². The van der Waals surface area contributed by atoms with Crippen molar-refractivity contribution < 1.29 is 9.53 Å². The van der Waals surface area contributed by atoms with E-state index in [0.717, 1.165) is 6.54 Å². The summed E-state index contributed by atoms with van der Waals surface area (Å²) in [7, 11) is 0. The predicted molar refractivity (Wildman–Crippen MR) is 73.1 cm³/mol. The zero-order valence-corrected chi connectivity index (χ0v) is 11.3. The number of carbonyl (C=O) groups excluding carboxylic acids is 1. The van der Waals surface area contributed by atoms with E-state index < -0.39 is 0 Å². The summed E-state index contributed by atoms with van der Waals surface area (Å²) in [6, 6.07) is 10.1. The van der Waals surface area contributed by atoms with E-state index in [1.165, 1.54) is 5.56 Å². The molecule has 3 nitrogen and oxygen atoms in total. The molecule has 0 saturated carbocycles. The van der Waals surface area contributed by atoms with Crippen LogP contribution < -0.4 is 5.32 Å². The van der Waals surface area contributed by atoms with E-state index in [9.17, 15) is 4.79 Å². The molecule has 98 valence electrons. The van der Waals surface area contributed by atoms with Gasteiger partial charge in [0, 0.05) is 17.7 Å². The molecule has 0 unspecified atom stereocenters. The Morgan fingerprint density at radius 2 is 1.94 bits per heavy atom. The molecule has 0 aliphatic carbocycles. The zero-order valence-electron chi connectivity index (χ0n) is 11.3. The maximum atomic E-state index is 11.3. The molecule has 1 aromatic rings. The van der Waals surface area contributed by atoms with Gasteiger partial charge in [-0.2, -0.15) is 0 Å². The normalized spacial score (nSPS) is 11.1. The lowest BCUT2D eigenvalue weighted by atomic mass is 10.1. The molecule has 18 heavy (non-hydrogen) atoms. The van der Waals surface area contributed by atoms with Crippen LogP contribution in [0.5, 0.6) is 0 Å². The number of hydrogen-bond donors (Lipinski definition) is 1. The number of benzene rings is 1. The van der Waals surface area contributed by atoms with E-state index in [2.05, 4.69) is 24.0 Å². The molecule has 0 heterocycles. The monoisotopic (exact) mass is 247 g/mol. The number of ether oxygens (including phenoxy) is 1. The molecule has 0 amide bonds. The van der Waals surface area contributed by atoms with Gasteiger partial charge in [-0.3, -0.25) is 0 Å². The van der Waals surface area contributed by atoms with Crippen LogP contribution in [0.2, 0.25) is 0 Å². The third-order valence-electron chi connectivity index (χ3n) is 2.53. The van der Waals surface area contributed by atoms with Crippen LogP contribution in [0.1, 0.15) is 26.3 Å². The van der Waals surface area contributed by atoms with Gasteiger partial charge in [-0.1, -0.05) is 36.9 Å². The van der Waals surface area contributed by atoms with Gasteiger partial charge in [-0.15, -0.1) is 0 Å². The van der Waals surface area contributed by atoms with Crippen LogP contribution in [0, 0.1) is 0 Å². The number of rotatable bonds is 6. The first-order chi connectivity index (χ1) is 8.41. The summed E-state index contributed by atoms with van der Waals surface area (Å²) in [5, 5.41) is 3.36. The first-order valence-corrected chi connectivity index (χ1v) is 6.02. The maximum absolute atomic E-state index is 11.3.